The van der Waals surface area contributed by atoms with Gasteiger partial charge in [-0.1, -0.05) is 13.8 Å². The molecule has 2 atom stereocenters. The minimum absolute atomic E-state index is 0.190. The smallest absolute Gasteiger partial charge is 0.190 e. The molecule has 7 heteroatoms. The molecule has 0 saturated carbocycles. The van der Waals surface area contributed by atoms with Crippen molar-refractivity contribution in [3.05, 3.63) is 0 Å². The first-order valence-corrected chi connectivity index (χ1v) is 9.96. The number of guanidine groups is 1. The fraction of sp³-hybridized carbons (Fsp3) is 0.933. The van der Waals surface area contributed by atoms with Crippen molar-refractivity contribution in [1.82, 2.24) is 10.6 Å². The highest BCUT2D eigenvalue weighted by Gasteiger charge is 2.27. The minimum atomic E-state index is -2.81. The predicted molar refractivity (Wildman–Crippen MR) is 91.0 cm³/mol. The lowest BCUT2D eigenvalue weighted by Crippen LogP contribution is -2.41. The van der Waals surface area contributed by atoms with Crippen LogP contribution in [-0.2, 0) is 14.6 Å². The van der Waals surface area contributed by atoms with Crippen molar-refractivity contribution in [3.8, 4) is 0 Å². The van der Waals surface area contributed by atoms with E-state index in [9.17, 15) is 8.42 Å². The zero-order chi connectivity index (χ0) is 16.6. The molecule has 0 aliphatic carbocycles. The van der Waals surface area contributed by atoms with Crippen LogP contribution in [0.2, 0.25) is 0 Å². The standard InChI is InChI=1S/C15H31N3O3S/c1-5-21-14(12(2)3)6-8-17-15(16-4)18-10-13-7-9-22(19,20)11-13/h12-14H,5-11H2,1-4H3,(H2,16,17,18). The first kappa shape index (κ1) is 19.2. The van der Waals surface area contributed by atoms with Crippen molar-refractivity contribution in [1.29, 1.82) is 0 Å². The summed E-state index contributed by atoms with van der Waals surface area (Å²) in [5.74, 6) is 2.01. The lowest BCUT2D eigenvalue weighted by atomic mass is 10.0. The average Bonchev–Trinajstić information content (AvgIpc) is 2.80. The Labute approximate surface area is 135 Å². The lowest BCUT2D eigenvalue weighted by Gasteiger charge is -2.21. The van der Waals surface area contributed by atoms with Gasteiger partial charge in [0, 0.05) is 26.7 Å². The molecule has 0 aromatic heterocycles. The van der Waals surface area contributed by atoms with E-state index in [1.165, 1.54) is 0 Å². The van der Waals surface area contributed by atoms with E-state index >= 15 is 0 Å². The second-order valence-electron chi connectivity index (χ2n) is 6.18. The monoisotopic (exact) mass is 333 g/mol. The molecule has 0 aromatic rings. The molecule has 1 heterocycles. The van der Waals surface area contributed by atoms with Gasteiger partial charge in [0.2, 0.25) is 0 Å². The Morgan fingerprint density at radius 2 is 2.09 bits per heavy atom. The second-order valence-corrected chi connectivity index (χ2v) is 8.40. The van der Waals surface area contributed by atoms with Gasteiger partial charge < -0.3 is 15.4 Å². The quantitative estimate of drug-likeness (QED) is 0.512. The maximum absolute atomic E-state index is 11.4. The molecule has 0 amide bonds. The van der Waals surface area contributed by atoms with Crippen LogP contribution in [0.5, 0.6) is 0 Å². The summed E-state index contributed by atoms with van der Waals surface area (Å²) in [6.07, 6.45) is 1.91. The SMILES string of the molecule is CCOC(CCNC(=NC)NCC1CCS(=O)(=O)C1)C(C)C. The largest absolute Gasteiger partial charge is 0.378 e. The summed E-state index contributed by atoms with van der Waals surface area (Å²) in [5.41, 5.74) is 0. The third-order valence-electron chi connectivity index (χ3n) is 3.95. The average molecular weight is 333 g/mol. The zero-order valence-electron chi connectivity index (χ0n) is 14.3. The Bertz CT molecular complexity index is 449. The number of rotatable bonds is 8. The summed E-state index contributed by atoms with van der Waals surface area (Å²) >= 11 is 0. The van der Waals surface area contributed by atoms with Crippen molar-refractivity contribution >= 4 is 15.8 Å². The van der Waals surface area contributed by atoms with Crippen LogP contribution in [0.3, 0.4) is 0 Å². The first-order valence-electron chi connectivity index (χ1n) is 8.14. The van der Waals surface area contributed by atoms with Gasteiger partial charge in [-0.3, -0.25) is 4.99 Å². The Morgan fingerprint density at radius 1 is 1.36 bits per heavy atom. The van der Waals surface area contributed by atoms with E-state index < -0.39 is 9.84 Å². The molecular weight excluding hydrogens is 302 g/mol. The molecule has 1 saturated heterocycles. The van der Waals surface area contributed by atoms with Crippen molar-refractivity contribution in [2.24, 2.45) is 16.8 Å². The van der Waals surface area contributed by atoms with Crippen LogP contribution in [0.1, 0.15) is 33.6 Å². The lowest BCUT2D eigenvalue weighted by molar-refractivity contribution is 0.0258. The summed E-state index contributed by atoms with van der Waals surface area (Å²) in [5, 5.41) is 6.49. The molecule has 0 bridgehead atoms. The van der Waals surface area contributed by atoms with E-state index in [0.29, 0.717) is 18.2 Å². The number of ether oxygens (including phenoxy) is 1. The second kappa shape index (κ2) is 9.35. The number of nitrogens with zero attached hydrogens (tertiary/aromatic N) is 1. The number of sulfone groups is 1. The summed E-state index contributed by atoms with van der Waals surface area (Å²) in [6.45, 7) is 8.50. The zero-order valence-corrected chi connectivity index (χ0v) is 15.1. The van der Waals surface area contributed by atoms with Crippen molar-refractivity contribution < 1.29 is 13.2 Å². The topological polar surface area (TPSA) is 79.8 Å². The van der Waals surface area contributed by atoms with Crippen LogP contribution in [-0.4, -0.2) is 58.7 Å². The first-order chi connectivity index (χ1) is 10.4. The van der Waals surface area contributed by atoms with Crippen molar-refractivity contribution in [2.75, 3.05) is 38.2 Å². The predicted octanol–water partition coefficient (Wildman–Crippen LogP) is 1.04. The van der Waals surface area contributed by atoms with Crippen molar-refractivity contribution in [2.45, 2.75) is 39.7 Å². The van der Waals surface area contributed by atoms with Crippen LogP contribution in [0, 0.1) is 11.8 Å². The Morgan fingerprint density at radius 3 is 2.59 bits per heavy atom. The third kappa shape index (κ3) is 6.96. The Balaban J connectivity index is 2.28. The van der Waals surface area contributed by atoms with Gasteiger partial charge >= 0.3 is 0 Å². The highest BCUT2D eigenvalue weighted by Crippen LogP contribution is 2.17. The fourth-order valence-electron chi connectivity index (χ4n) is 2.65. The van der Waals surface area contributed by atoms with Gasteiger partial charge in [-0.05, 0) is 31.6 Å². The molecule has 0 radical (unpaired) electrons. The number of nitrogens with one attached hydrogen (secondary N) is 2. The molecule has 2 unspecified atom stereocenters. The molecule has 130 valence electrons. The van der Waals surface area contributed by atoms with E-state index in [4.69, 9.17) is 4.74 Å². The van der Waals surface area contributed by atoms with Gasteiger partial charge in [0.25, 0.3) is 0 Å². The molecule has 0 spiro atoms. The number of aliphatic imine (C=N–C) groups is 1. The maximum Gasteiger partial charge on any atom is 0.190 e. The van der Waals surface area contributed by atoms with Gasteiger partial charge in [0.05, 0.1) is 17.6 Å². The third-order valence-corrected chi connectivity index (χ3v) is 5.79. The van der Waals surface area contributed by atoms with E-state index in [0.717, 1.165) is 32.0 Å². The normalized spacial score (nSPS) is 22.8. The molecule has 2 N–H and O–H groups in total. The minimum Gasteiger partial charge on any atom is -0.378 e. The van der Waals surface area contributed by atoms with Crippen molar-refractivity contribution in [3.63, 3.8) is 0 Å². The fourth-order valence-corrected chi connectivity index (χ4v) is 4.51. The summed E-state index contributed by atoms with van der Waals surface area (Å²) in [6, 6.07) is 0. The summed E-state index contributed by atoms with van der Waals surface area (Å²) in [4.78, 5) is 4.18. The van der Waals surface area contributed by atoms with E-state index in [1.807, 2.05) is 6.92 Å². The summed E-state index contributed by atoms with van der Waals surface area (Å²) < 4.78 is 28.6. The van der Waals surface area contributed by atoms with Gasteiger partial charge in [-0.15, -0.1) is 0 Å². The number of hydrogen-bond donors (Lipinski definition) is 2. The molecule has 6 nitrogen and oxygen atoms in total. The van der Waals surface area contributed by atoms with Gasteiger partial charge in [-0.2, -0.15) is 0 Å². The van der Waals surface area contributed by atoms with Crippen LogP contribution in [0.15, 0.2) is 4.99 Å². The highest BCUT2D eigenvalue weighted by atomic mass is 32.2. The van der Waals surface area contributed by atoms with E-state index in [-0.39, 0.29) is 17.8 Å². The number of hydrogen-bond acceptors (Lipinski definition) is 4. The molecule has 1 aliphatic rings. The molecule has 1 rings (SSSR count). The molecular formula is C15H31N3O3S. The van der Waals surface area contributed by atoms with Gasteiger partial charge in [-0.25, -0.2) is 8.42 Å². The van der Waals surface area contributed by atoms with Gasteiger partial charge in [0.1, 0.15) is 0 Å². The molecule has 1 aliphatic heterocycles. The van der Waals surface area contributed by atoms with E-state index in [2.05, 4.69) is 29.5 Å². The van der Waals surface area contributed by atoms with Gasteiger partial charge in [0.15, 0.2) is 15.8 Å². The van der Waals surface area contributed by atoms with E-state index in [1.54, 1.807) is 7.05 Å². The molecule has 1 fully saturated rings. The van der Waals surface area contributed by atoms with Crippen LogP contribution in [0.25, 0.3) is 0 Å². The maximum atomic E-state index is 11.4. The summed E-state index contributed by atoms with van der Waals surface area (Å²) in [7, 11) is -1.09. The molecule has 22 heavy (non-hydrogen) atoms. The Kier molecular flexibility index (Phi) is 8.17. The highest BCUT2D eigenvalue weighted by molar-refractivity contribution is 7.91. The van der Waals surface area contributed by atoms with Crippen LogP contribution >= 0.6 is 0 Å². The van der Waals surface area contributed by atoms with Crippen LogP contribution in [0.4, 0.5) is 0 Å². The van der Waals surface area contributed by atoms with Crippen LogP contribution < -0.4 is 10.6 Å². The molecule has 0 aromatic carbocycles. The Hall–Kier alpha value is -0.820.